The number of nitrogen functional groups attached to an aromatic ring is 1. The number of halogens is 2. The Morgan fingerprint density at radius 2 is 1.80 bits per heavy atom. The third kappa shape index (κ3) is 8.09. The highest BCUT2D eigenvalue weighted by atomic mass is 32.2. The number of benzene rings is 3. The molecular formula is C40H44BF2N6O5S+. The third-order valence-corrected chi connectivity index (χ3v) is 12.5. The Hall–Kier alpha value is -4.88. The molecule has 0 saturated carbocycles. The Labute approximate surface area is 320 Å². The van der Waals surface area contributed by atoms with Crippen molar-refractivity contribution in [2.45, 2.75) is 67.6 Å². The van der Waals surface area contributed by atoms with Crippen LogP contribution in [-0.2, 0) is 10.1 Å². The zero-order chi connectivity index (χ0) is 39.1. The van der Waals surface area contributed by atoms with Crippen LogP contribution in [-0.4, -0.2) is 95.0 Å². The number of ether oxygens (including phenoxy) is 1. The minimum absolute atomic E-state index is 0.0182. The zero-order valence-corrected chi connectivity index (χ0v) is 31.6. The molecule has 3 aromatic carbocycles. The second-order valence-corrected chi connectivity index (χ2v) is 16.5. The first-order valence-electron chi connectivity index (χ1n) is 18.5. The molecule has 0 bridgehead atoms. The number of hydrogen-bond acceptors (Lipinski definition) is 9. The van der Waals surface area contributed by atoms with Gasteiger partial charge in [0.1, 0.15) is 28.6 Å². The lowest BCUT2D eigenvalue weighted by Gasteiger charge is -2.29. The number of fused-ring (bicyclic) bond motifs is 6. The summed E-state index contributed by atoms with van der Waals surface area (Å²) in [6, 6.07) is 14.8. The molecule has 5 aliphatic heterocycles. The van der Waals surface area contributed by atoms with Crippen LogP contribution in [0.2, 0.25) is 12.1 Å². The maximum Gasteiger partial charge on any atom is 0.318 e. The number of nitrogens with two attached hydrogens (primary N) is 1. The SMILES string of the molecule is C#Cc1c(F)ccc2cccc(-c3ncc4c(N)nc(OC)nc4c3F)c12.C1CC2CN2B2CC12.C[N+]12CCCC1CCC2.O=S(=O)(O)c1cccc(O)c1. The van der Waals surface area contributed by atoms with Gasteiger partial charge in [-0.1, -0.05) is 54.8 Å². The number of terminal acetylenes is 1. The molecule has 0 spiro atoms. The normalized spacial score (nSPS) is 24.0. The van der Waals surface area contributed by atoms with Crippen molar-refractivity contribution in [2.75, 3.05) is 39.5 Å². The fourth-order valence-corrected chi connectivity index (χ4v) is 9.03. The van der Waals surface area contributed by atoms with E-state index in [4.69, 9.17) is 26.6 Å². The monoisotopic (exact) mass is 769 g/mol. The van der Waals surface area contributed by atoms with E-state index in [9.17, 15) is 12.8 Å². The molecule has 286 valence electrons. The van der Waals surface area contributed by atoms with Gasteiger partial charge in [-0.2, -0.15) is 18.4 Å². The number of nitrogens with zero attached hydrogens (tertiary/aromatic N) is 5. The first-order valence-corrected chi connectivity index (χ1v) is 20.0. The number of aromatic nitrogens is 3. The molecule has 5 aliphatic rings. The summed E-state index contributed by atoms with van der Waals surface area (Å²) in [5, 5.41) is 10.1. The summed E-state index contributed by atoms with van der Waals surface area (Å²) < 4.78 is 65.2. The van der Waals surface area contributed by atoms with Gasteiger partial charge in [-0.15, -0.1) is 6.42 Å². The average Bonchev–Trinajstić information content (AvgIpc) is 4.06. The van der Waals surface area contributed by atoms with Crippen LogP contribution in [0.1, 0.15) is 44.1 Å². The molecule has 4 N–H and O–H groups in total. The second kappa shape index (κ2) is 15.3. The average molecular weight is 770 g/mol. The summed E-state index contributed by atoms with van der Waals surface area (Å²) in [5.41, 5.74) is 6.18. The maximum absolute atomic E-state index is 15.3. The van der Waals surface area contributed by atoms with Crippen molar-refractivity contribution in [1.29, 1.82) is 0 Å². The number of pyridine rings is 1. The minimum Gasteiger partial charge on any atom is -0.508 e. The van der Waals surface area contributed by atoms with Crippen molar-refractivity contribution in [3.8, 4) is 35.4 Å². The van der Waals surface area contributed by atoms with Gasteiger partial charge in [-0.05, 0) is 30.0 Å². The number of methoxy groups -OCH3 is 1. The predicted molar refractivity (Wildman–Crippen MR) is 209 cm³/mol. The van der Waals surface area contributed by atoms with Crippen LogP contribution in [0.4, 0.5) is 14.6 Å². The number of phenols is 1. The van der Waals surface area contributed by atoms with Gasteiger partial charge in [0.05, 0.1) is 49.1 Å². The van der Waals surface area contributed by atoms with E-state index in [1.807, 2.05) is 0 Å². The topological polar surface area (TPSA) is 152 Å². The molecule has 10 rings (SSSR count). The smallest absolute Gasteiger partial charge is 0.318 e. The van der Waals surface area contributed by atoms with Crippen molar-refractivity contribution in [1.82, 2.24) is 19.8 Å². The minimum atomic E-state index is -4.19. The molecule has 0 radical (unpaired) electrons. The summed E-state index contributed by atoms with van der Waals surface area (Å²) in [7, 11) is -0.396. The molecule has 5 fully saturated rings. The van der Waals surface area contributed by atoms with Crippen LogP contribution in [0.5, 0.6) is 11.8 Å². The quantitative estimate of drug-likeness (QED) is 0.0605. The van der Waals surface area contributed by atoms with Crippen LogP contribution in [0, 0.1) is 24.0 Å². The second-order valence-electron chi connectivity index (χ2n) is 15.1. The molecule has 55 heavy (non-hydrogen) atoms. The van der Waals surface area contributed by atoms with E-state index in [1.54, 1.807) is 30.7 Å². The van der Waals surface area contributed by atoms with E-state index in [0.29, 0.717) is 16.3 Å². The Morgan fingerprint density at radius 3 is 2.44 bits per heavy atom. The van der Waals surface area contributed by atoms with E-state index in [2.05, 4.69) is 32.7 Å². The first-order chi connectivity index (χ1) is 26.3. The van der Waals surface area contributed by atoms with Crippen LogP contribution in [0.25, 0.3) is 32.9 Å². The van der Waals surface area contributed by atoms with E-state index < -0.39 is 21.8 Å². The number of quaternary nitrogens is 1. The lowest BCUT2D eigenvalue weighted by atomic mass is 9.79. The van der Waals surface area contributed by atoms with Crippen LogP contribution < -0.4 is 10.5 Å². The fourth-order valence-electron chi connectivity index (χ4n) is 8.51. The Bertz CT molecular complexity index is 2390. The van der Waals surface area contributed by atoms with Gasteiger partial charge < -0.3 is 24.9 Å². The molecule has 11 nitrogen and oxygen atoms in total. The predicted octanol–water partition coefficient (Wildman–Crippen LogP) is 6.56. The Balaban J connectivity index is 0.000000134. The van der Waals surface area contributed by atoms with Gasteiger partial charge in [-0.25, -0.2) is 8.78 Å². The van der Waals surface area contributed by atoms with Gasteiger partial charge in [0, 0.05) is 61.5 Å². The largest absolute Gasteiger partial charge is 0.508 e. The van der Waals surface area contributed by atoms with Gasteiger partial charge in [-0.3, -0.25) is 9.54 Å². The van der Waals surface area contributed by atoms with Crippen molar-refractivity contribution in [3.63, 3.8) is 0 Å². The lowest BCUT2D eigenvalue weighted by molar-refractivity contribution is -0.908. The van der Waals surface area contributed by atoms with Gasteiger partial charge in [0.15, 0.2) is 5.82 Å². The maximum atomic E-state index is 15.3. The summed E-state index contributed by atoms with van der Waals surface area (Å²) >= 11 is 0. The third-order valence-electron chi connectivity index (χ3n) is 11.6. The van der Waals surface area contributed by atoms with Crippen molar-refractivity contribution >= 4 is 44.5 Å². The van der Waals surface area contributed by atoms with Crippen LogP contribution in [0.15, 0.2) is 65.7 Å². The molecular weight excluding hydrogens is 725 g/mol. The van der Waals surface area contributed by atoms with Crippen molar-refractivity contribution in [2.24, 2.45) is 0 Å². The molecule has 5 saturated heterocycles. The number of hydrogen-bond donors (Lipinski definition) is 3. The van der Waals surface area contributed by atoms with Crippen molar-refractivity contribution in [3.05, 3.63) is 78.0 Å². The standard InChI is InChI=1S/C20H12F2N4O.C8H16N.C6H10BN.C6H6O4S/c1-3-11-14(21)8-7-10-5-4-6-12(15(10)11)17-16(22)18-13(9-24-17)19(23)26-20(25-18)27-2;1-9-6-2-4-8(9)5-3-7-9;1-2-6-4-8(6)7-3-5(1)7;7-5-2-1-3-6(4-5)11(8,9)10/h1,4-9H,2H3,(H2,23,25,26);8H,2-7H2,1H3;5-6H,1-4H2;1-4,7H,(H,8,9,10)/q;+1;;. The lowest BCUT2D eigenvalue weighted by Crippen LogP contribution is -2.42. The number of rotatable bonds is 3. The Kier molecular flexibility index (Phi) is 10.7. The zero-order valence-electron chi connectivity index (χ0n) is 30.8. The number of anilines is 1. The molecule has 3 unspecified atom stereocenters. The highest BCUT2D eigenvalue weighted by Gasteiger charge is 2.57. The highest BCUT2D eigenvalue weighted by Crippen LogP contribution is 2.53. The summed E-state index contributed by atoms with van der Waals surface area (Å²) in [6.45, 7) is 5.45. The van der Waals surface area contributed by atoms with Gasteiger partial charge >= 0.3 is 6.01 Å². The first kappa shape index (κ1) is 38.4. The molecule has 2 aromatic heterocycles. The highest BCUT2D eigenvalue weighted by molar-refractivity contribution is 7.85. The molecule has 3 atom stereocenters. The van der Waals surface area contributed by atoms with E-state index in [0.717, 1.165) is 30.8 Å². The van der Waals surface area contributed by atoms with E-state index in [-0.39, 0.29) is 44.6 Å². The van der Waals surface area contributed by atoms with Crippen LogP contribution >= 0.6 is 0 Å². The molecule has 7 heterocycles. The summed E-state index contributed by atoms with van der Waals surface area (Å²) in [5.74, 6) is 2.05. The fraction of sp³-hybridized carbons (Fsp3) is 0.375. The molecule has 0 amide bonds. The molecule has 0 aliphatic carbocycles. The summed E-state index contributed by atoms with van der Waals surface area (Å²) in [4.78, 5) is 14.5. The van der Waals surface area contributed by atoms with E-state index >= 15 is 4.39 Å². The van der Waals surface area contributed by atoms with Crippen molar-refractivity contribution < 1.29 is 36.1 Å². The number of aromatic hydroxyl groups is 1. The summed E-state index contributed by atoms with van der Waals surface area (Å²) in [6.07, 6.45) is 17.5. The number of phenolic OH excluding ortho intramolecular Hbond substituents is 1. The molecule has 5 aromatic rings. The van der Waals surface area contributed by atoms with E-state index in [1.165, 1.54) is 100 Å². The van der Waals surface area contributed by atoms with Gasteiger partial charge in [0.25, 0.3) is 10.1 Å². The van der Waals surface area contributed by atoms with Gasteiger partial charge in [0.2, 0.25) is 6.85 Å². The molecule has 15 heteroatoms. The van der Waals surface area contributed by atoms with Crippen LogP contribution in [0.3, 0.4) is 0 Å². The Morgan fingerprint density at radius 1 is 1.05 bits per heavy atom.